The maximum Gasteiger partial charge on any atom is 0.421 e. The molecule has 1 heterocycles. The van der Waals surface area contributed by atoms with Crippen LogP contribution in [0.1, 0.15) is 21.5 Å². The second-order valence-corrected chi connectivity index (χ2v) is 8.49. The summed E-state index contributed by atoms with van der Waals surface area (Å²) in [5.41, 5.74) is -0.108. The van der Waals surface area contributed by atoms with Gasteiger partial charge in [-0.2, -0.15) is 18.2 Å². The molecule has 1 amide bonds. The minimum absolute atomic E-state index is 0.119. The molecule has 0 saturated heterocycles. The molecule has 3 aromatic rings. The van der Waals surface area contributed by atoms with Gasteiger partial charge in [-0.1, -0.05) is 24.3 Å². The lowest BCUT2D eigenvalue weighted by atomic mass is 10.1. The number of carbonyl (C=O) groups excluding carboxylic acids is 1. The third-order valence-electron chi connectivity index (χ3n) is 4.34. The normalized spacial score (nSPS) is 11.7. The first kappa shape index (κ1) is 24.2. The summed E-state index contributed by atoms with van der Waals surface area (Å²) in [6.45, 7) is 0. The van der Waals surface area contributed by atoms with E-state index in [1.807, 2.05) is 0 Å². The third kappa shape index (κ3) is 6.51. The molecule has 2 aromatic carbocycles. The average molecular weight is 481 g/mol. The van der Waals surface area contributed by atoms with Crippen molar-refractivity contribution in [2.45, 2.75) is 12.3 Å². The van der Waals surface area contributed by atoms with Crippen LogP contribution in [-0.4, -0.2) is 32.7 Å². The monoisotopic (exact) mass is 481 g/mol. The number of aromatic nitrogens is 2. The predicted molar refractivity (Wildman–Crippen MR) is 116 cm³/mol. The van der Waals surface area contributed by atoms with Crippen molar-refractivity contribution in [1.29, 1.82) is 0 Å². The molecule has 0 unspecified atom stereocenters. The minimum Gasteiger partial charge on any atom is -0.355 e. The average Bonchev–Trinajstić information content (AvgIpc) is 2.73. The Morgan fingerprint density at radius 1 is 1.06 bits per heavy atom. The van der Waals surface area contributed by atoms with E-state index in [1.165, 1.54) is 43.4 Å². The van der Waals surface area contributed by atoms with Crippen LogP contribution < -0.4 is 16.0 Å². The first-order valence-electron chi connectivity index (χ1n) is 9.39. The summed E-state index contributed by atoms with van der Waals surface area (Å²) in [7, 11) is -2.83. The number of rotatable bonds is 7. The van der Waals surface area contributed by atoms with Crippen LogP contribution in [0.2, 0.25) is 0 Å². The van der Waals surface area contributed by atoms with E-state index in [1.54, 1.807) is 12.1 Å². The second kappa shape index (κ2) is 9.57. The van der Waals surface area contributed by atoms with E-state index in [4.69, 9.17) is 9.79 Å². The van der Waals surface area contributed by atoms with Gasteiger partial charge in [0.05, 0.1) is 17.4 Å². The maximum absolute atomic E-state index is 13.5. The first-order valence-corrected chi connectivity index (χ1v) is 11.2. The molecule has 0 spiro atoms. The summed E-state index contributed by atoms with van der Waals surface area (Å²) in [6.07, 6.45) is -4.59. The number of hydrogen-bond acceptors (Lipinski definition) is 6. The molecule has 0 fully saturated rings. The van der Waals surface area contributed by atoms with Crippen LogP contribution >= 0.6 is 7.60 Å². The van der Waals surface area contributed by atoms with E-state index in [9.17, 15) is 22.5 Å². The zero-order chi connectivity index (χ0) is 24.2. The summed E-state index contributed by atoms with van der Waals surface area (Å²) in [5.74, 6) is -1.21. The van der Waals surface area contributed by atoms with Gasteiger partial charge in [-0.25, -0.2) is 4.98 Å². The van der Waals surface area contributed by atoms with Crippen LogP contribution in [0.4, 0.5) is 36.3 Å². The molecule has 174 valence electrons. The predicted octanol–water partition coefficient (Wildman–Crippen LogP) is 4.02. The number of anilines is 4. The number of nitrogens with zero attached hydrogens (tertiary/aromatic N) is 2. The van der Waals surface area contributed by atoms with Gasteiger partial charge in [0.1, 0.15) is 11.4 Å². The molecule has 0 aliphatic heterocycles. The molecule has 33 heavy (non-hydrogen) atoms. The van der Waals surface area contributed by atoms with E-state index in [2.05, 4.69) is 25.9 Å². The van der Waals surface area contributed by atoms with E-state index in [-0.39, 0.29) is 17.2 Å². The van der Waals surface area contributed by atoms with Gasteiger partial charge in [0.25, 0.3) is 5.91 Å². The van der Waals surface area contributed by atoms with Gasteiger partial charge in [-0.3, -0.25) is 9.36 Å². The maximum atomic E-state index is 13.5. The fourth-order valence-electron chi connectivity index (χ4n) is 2.86. The van der Waals surface area contributed by atoms with Crippen LogP contribution in [0.25, 0.3) is 0 Å². The molecule has 0 bridgehead atoms. The highest BCUT2D eigenvalue weighted by Crippen LogP contribution is 2.39. The Morgan fingerprint density at radius 2 is 1.73 bits per heavy atom. The number of amides is 1. The summed E-state index contributed by atoms with van der Waals surface area (Å²) in [6, 6.07) is 11.9. The smallest absolute Gasteiger partial charge is 0.355 e. The zero-order valence-electron chi connectivity index (χ0n) is 17.1. The van der Waals surface area contributed by atoms with Gasteiger partial charge in [0.15, 0.2) is 0 Å². The highest BCUT2D eigenvalue weighted by atomic mass is 31.2. The fraction of sp³-hybridized carbons (Fsp3) is 0.150. The lowest BCUT2D eigenvalue weighted by Crippen LogP contribution is -2.20. The van der Waals surface area contributed by atoms with Gasteiger partial charge < -0.3 is 25.7 Å². The van der Waals surface area contributed by atoms with Crippen molar-refractivity contribution in [3.63, 3.8) is 0 Å². The molecule has 9 nitrogen and oxygen atoms in total. The van der Waals surface area contributed by atoms with Gasteiger partial charge in [-0.15, -0.1) is 0 Å². The number of benzene rings is 2. The Hall–Kier alpha value is -3.47. The number of alkyl halides is 3. The Labute approximate surface area is 186 Å². The lowest BCUT2D eigenvalue weighted by Gasteiger charge is -2.16. The standard InChI is InChI=1S/C20H19F3N5O4P/c1-24-18(29)14-4-2-3-5-16(14)27-17-15(20(21,22)23)10-25-19(28-17)26-13-8-6-12(7-9-13)11-33(30,31)32/h2-10H,11H2,1H3,(H,24,29)(H2,30,31,32)(H2,25,26,27,28). The number of hydrogen-bond donors (Lipinski definition) is 5. The highest BCUT2D eigenvalue weighted by Gasteiger charge is 2.35. The molecule has 3 rings (SSSR count). The van der Waals surface area contributed by atoms with Crippen LogP contribution in [0.3, 0.4) is 0 Å². The lowest BCUT2D eigenvalue weighted by molar-refractivity contribution is -0.137. The Balaban J connectivity index is 1.92. The van der Waals surface area contributed by atoms with Crippen molar-refractivity contribution in [3.05, 3.63) is 71.4 Å². The van der Waals surface area contributed by atoms with Crippen LogP contribution in [0.5, 0.6) is 0 Å². The Bertz CT molecular complexity index is 1200. The molecule has 5 N–H and O–H groups in total. The van der Waals surface area contributed by atoms with Crippen molar-refractivity contribution in [1.82, 2.24) is 15.3 Å². The van der Waals surface area contributed by atoms with Crippen molar-refractivity contribution in [2.24, 2.45) is 0 Å². The van der Waals surface area contributed by atoms with E-state index in [0.29, 0.717) is 17.4 Å². The SMILES string of the molecule is CNC(=O)c1ccccc1Nc1nc(Nc2ccc(CP(=O)(O)O)cc2)ncc1C(F)(F)F. The largest absolute Gasteiger partial charge is 0.421 e. The number of para-hydroxylation sites is 1. The van der Waals surface area contributed by atoms with Gasteiger partial charge >= 0.3 is 13.8 Å². The Kier molecular flexibility index (Phi) is 7.01. The fourth-order valence-corrected chi connectivity index (χ4v) is 3.54. The highest BCUT2D eigenvalue weighted by molar-refractivity contribution is 7.50. The molecule has 0 aliphatic rings. The van der Waals surface area contributed by atoms with Crippen LogP contribution in [0.15, 0.2) is 54.7 Å². The van der Waals surface area contributed by atoms with E-state index < -0.39 is 37.2 Å². The molecular weight excluding hydrogens is 462 g/mol. The summed E-state index contributed by atoms with van der Waals surface area (Å²) >= 11 is 0. The molecule has 0 aliphatic carbocycles. The molecule has 0 radical (unpaired) electrons. The quantitative estimate of drug-likeness (QED) is 0.319. The molecular formula is C20H19F3N5O4P. The van der Waals surface area contributed by atoms with Crippen molar-refractivity contribution in [3.8, 4) is 0 Å². The summed E-state index contributed by atoms with van der Waals surface area (Å²) < 4.78 is 51.7. The van der Waals surface area contributed by atoms with E-state index >= 15 is 0 Å². The van der Waals surface area contributed by atoms with Crippen LogP contribution in [0, 0.1) is 0 Å². The first-order chi connectivity index (χ1) is 15.5. The molecule has 0 atom stereocenters. The molecule has 13 heteroatoms. The third-order valence-corrected chi connectivity index (χ3v) is 5.12. The number of nitrogens with one attached hydrogen (secondary N) is 3. The van der Waals surface area contributed by atoms with Gasteiger partial charge in [-0.05, 0) is 29.8 Å². The molecule has 1 aromatic heterocycles. The van der Waals surface area contributed by atoms with Crippen LogP contribution in [-0.2, 0) is 16.9 Å². The summed E-state index contributed by atoms with van der Waals surface area (Å²) in [5, 5.41) is 7.73. The minimum atomic E-state index is -4.76. The summed E-state index contributed by atoms with van der Waals surface area (Å²) in [4.78, 5) is 37.8. The van der Waals surface area contributed by atoms with Crippen molar-refractivity contribution < 1.29 is 32.3 Å². The Morgan fingerprint density at radius 3 is 2.33 bits per heavy atom. The van der Waals surface area contributed by atoms with Crippen molar-refractivity contribution in [2.75, 3.05) is 17.7 Å². The zero-order valence-corrected chi connectivity index (χ0v) is 18.0. The number of carbonyl (C=O) groups is 1. The topological polar surface area (TPSA) is 136 Å². The second-order valence-electron chi connectivity index (χ2n) is 6.85. The molecule has 0 saturated carbocycles. The number of halogens is 3. The van der Waals surface area contributed by atoms with Gasteiger partial charge in [0, 0.05) is 18.9 Å². The van der Waals surface area contributed by atoms with E-state index in [0.717, 1.165) is 0 Å². The van der Waals surface area contributed by atoms with Gasteiger partial charge in [0.2, 0.25) is 5.95 Å². The van der Waals surface area contributed by atoms with Crippen molar-refractivity contribution >= 4 is 36.6 Å².